The summed E-state index contributed by atoms with van der Waals surface area (Å²) in [6.45, 7) is 2.58. The molecule has 1 saturated heterocycles. The molecule has 1 aliphatic carbocycles. The third-order valence-corrected chi connectivity index (χ3v) is 5.51. The van der Waals surface area contributed by atoms with Crippen LogP contribution >= 0.6 is 0 Å². The number of fused-ring (bicyclic) bond motifs is 1. The number of likely N-dealkylation sites (tertiary alicyclic amines) is 1. The minimum absolute atomic E-state index is 0.131. The maximum Gasteiger partial charge on any atom is 0.242 e. The van der Waals surface area contributed by atoms with E-state index in [1.807, 2.05) is 0 Å². The predicted octanol–water partition coefficient (Wildman–Crippen LogP) is 3.25. The number of rotatable bonds is 5. The number of anilines is 2. The summed E-state index contributed by atoms with van der Waals surface area (Å²) in [5, 5.41) is 5.96. The Morgan fingerprint density at radius 2 is 1.96 bits per heavy atom. The molecule has 2 fully saturated rings. The van der Waals surface area contributed by atoms with Gasteiger partial charge in [0.05, 0.1) is 19.3 Å². The summed E-state index contributed by atoms with van der Waals surface area (Å²) in [7, 11) is 1.59. The number of carbonyl (C=O) groups excluding carboxylic acids is 2. The van der Waals surface area contributed by atoms with Crippen LogP contribution in [0.4, 0.5) is 11.4 Å². The zero-order chi connectivity index (χ0) is 18.5. The molecular weight excluding hydrogens is 330 g/mol. The average molecular weight is 359 g/mol. The summed E-state index contributed by atoms with van der Waals surface area (Å²) in [5.74, 6) is 1.35. The molecule has 2 amide bonds. The lowest BCUT2D eigenvalue weighted by molar-refractivity contribution is -0.135. The Hall–Kier alpha value is -2.24. The zero-order valence-corrected chi connectivity index (χ0v) is 15.7. The minimum Gasteiger partial charge on any atom is -0.495 e. The summed E-state index contributed by atoms with van der Waals surface area (Å²) < 4.78 is 5.37. The number of ether oxygens (including phenoxy) is 1. The van der Waals surface area contributed by atoms with Crippen molar-refractivity contribution in [3.8, 4) is 5.75 Å². The Morgan fingerprint density at radius 1 is 1.19 bits per heavy atom. The molecule has 0 radical (unpaired) electrons. The molecule has 0 aromatic heterocycles. The maximum atomic E-state index is 12.8. The lowest BCUT2D eigenvalue weighted by Gasteiger charge is -2.44. The van der Waals surface area contributed by atoms with Gasteiger partial charge < -0.3 is 20.3 Å². The molecule has 6 nitrogen and oxygen atoms in total. The minimum atomic E-state index is -0.131. The number of carbonyl (C=O) groups is 2. The van der Waals surface area contributed by atoms with E-state index < -0.39 is 0 Å². The molecule has 0 bridgehead atoms. The van der Waals surface area contributed by atoms with Gasteiger partial charge in [-0.05, 0) is 49.8 Å². The lowest BCUT2D eigenvalue weighted by Crippen LogP contribution is -2.51. The Morgan fingerprint density at radius 3 is 2.73 bits per heavy atom. The third-order valence-electron chi connectivity index (χ3n) is 5.51. The van der Waals surface area contributed by atoms with Crippen LogP contribution in [0.25, 0.3) is 0 Å². The number of hydrogen-bond donors (Lipinski definition) is 2. The summed E-state index contributed by atoms with van der Waals surface area (Å²) in [6.07, 6.45) is 7.29. The molecule has 1 aromatic rings. The van der Waals surface area contributed by atoms with Gasteiger partial charge in [0, 0.05) is 25.2 Å². The molecule has 142 valence electrons. The van der Waals surface area contributed by atoms with Crippen LogP contribution in [-0.2, 0) is 9.59 Å². The quantitative estimate of drug-likeness (QED) is 0.847. The summed E-state index contributed by atoms with van der Waals surface area (Å²) >= 11 is 0. The highest BCUT2D eigenvalue weighted by Crippen LogP contribution is 2.35. The second-order valence-corrected chi connectivity index (χ2v) is 7.29. The SMILES string of the molecule is COc1ccc(NC(C)=O)cc1NCC(=O)N1CCCC2CCCCC21. The molecule has 3 rings (SSSR count). The number of nitrogens with one attached hydrogen (secondary N) is 2. The van der Waals surface area contributed by atoms with Gasteiger partial charge in [0.15, 0.2) is 0 Å². The van der Waals surface area contributed by atoms with E-state index >= 15 is 0 Å². The number of amides is 2. The van der Waals surface area contributed by atoms with E-state index in [2.05, 4.69) is 15.5 Å². The van der Waals surface area contributed by atoms with E-state index in [9.17, 15) is 9.59 Å². The number of methoxy groups -OCH3 is 1. The fourth-order valence-corrected chi connectivity index (χ4v) is 4.33. The van der Waals surface area contributed by atoms with Gasteiger partial charge in [0.25, 0.3) is 0 Å². The molecule has 26 heavy (non-hydrogen) atoms. The van der Waals surface area contributed by atoms with Gasteiger partial charge in [-0.15, -0.1) is 0 Å². The van der Waals surface area contributed by atoms with Crippen LogP contribution < -0.4 is 15.4 Å². The number of hydrogen-bond acceptors (Lipinski definition) is 4. The molecule has 0 spiro atoms. The summed E-state index contributed by atoms with van der Waals surface area (Å²) in [4.78, 5) is 26.2. The van der Waals surface area contributed by atoms with Gasteiger partial charge in [-0.3, -0.25) is 9.59 Å². The van der Waals surface area contributed by atoms with Crippen molar-refractivity contribution >= 4 is 23.2 Å². The van der Waals surface area contributed by atoms with Crippen molar-refractivity contribution in [1.82, 2.24) is 4.90 Å². The topological polar surface area (TPSA) is 70.7 Å². The molecule has 1 saturated carbocycles. The van der Waals surface area contributed by atoms with Crippen LogP contribution in [0.5, 0.6) is 5.75 Å². The molecule has 2 N–H and O–H groups in total. The first-order valence-corrected chi connectivity index (χ1v) is 9.57. The molecule has 6 heteroatoms. The van der Waals surface area contributed by atoms with E-state index in [4.69, 9.17) is 4.74 Å². The second-order valence-electron chi connectivity index (χ2n) is 7.29. The molecule has 2 unspecified atom stereocenters. The van der Waals surface area contributed by atoms with Gasteiger partial charge >= 0.3 is 0 Å². The van der Waals surface area contributed by atoms with Crippen LogP contribution in [0.3, 0.4) is 0 Å². The van der Waals surface area contributed by atoms with E-state index in [1.165, 1.54) is 32.6 Å². The normalized spacial score (nSPS) is 22.3. The fourth-order valence-electron chi connectivity index (χ4n) is 4.33. The van der Waals surface area contributed by atoms with Crippen molar-refractivity contribution in [2.24, 2.45) is 5.92 Å². The van der Waals surface area contributed by atoms with Crippen LogP contribution in [0, 0.1) is 5.92 Å². The van der Waals surface area contributed by atoms with Crippen LogP contribution in [0.15, 0.2) is 18.2 Å². The van der Waals surface area contributed by atoms with Crippen LogP contribution in [0.1, 0.15) is 45.4 Å². The second kappa shape index (κ2) is 8.43. The van der Waals surface area contributed by atoms with Gasteiger partial charge in [-0.1, -0.05) is 12.8 Å². The van der Waals surface area contributed by atoms with Gasteiger partial charge in [-0.25, -0.2) is 0 Å². The number of piperidine rings is 1. The van der Waals surface area contributed by atoms with Crippen LogP contribution in [0.2, 0.25) is 0 Å². The largest absolute Gasteiger partial charge is 0.495 e. The lowest BCUT2D eigenvalue weighted by atomic mass is 9.78. The average Bonchev–Trinajstić information content (AvgIpc) is 2.65. The van der Waals surface area contributed by atoms with Crippen molar-refractivity contribution in [1.29, 1.82) is 0 Å². The summed E-state index contributed by atoms with van der Waals surface area (Å²) in [5.41, 5.74) is 1.39. The molecule has 2 aliphatic rings. The van der Waals surface area contributed by atoms with Gasteiger partial charge in [-0.2, -0.15) is 0 Å². The van der Waals surface area contributed by atoms with Crippen molar-refractivity contribution < 1.29 is 14.3 Å². The molecular formula is C20H29N3O3. The zero-order valence-electron chi connectivity index (χ0n) is 15.7. The monoisotopic (exact) mass is 359 g/mol. The van der Waals surface area contributed by atoms with Gasteiger partial charge in [0.1, 0.15) is 5.75 Å². The van der Waals surface area contributed by atoms with E-state index in [0.717, 1.165) is 19.4 Å². The molecule has 1 aliphatic heterocycles. The molecule has 1 heterocycles. The van der Waals surface area contributed by atoms with E-state index in [0.29, 0.717) is 29.1 Å². The van der Waals surface area contributed by atoms with Crippen molar-refractivity contribution in [3.05, 3.63) is 18.2 Å². The first-order valence-electron chi connectivity index (χ1n) is 9.57. The Balaban J connectivity index is 1.65. The van der Waals surface area contributed by atoms with Gasteiger partial charge in [0.2, 0.25) is 11.8 Å². The highest BCUT2D eigenvalue weighted by atomic mass is 16.5. The molecule has 1 aromatic carbocycles. The Labute approximate surface area is 155 Å². The highest BCUT2D eigenvalue weighted by molar-refractivity contribution is 5.90. The highest BCUT2D eigenvalue weighted by Gasteiger charge is 2.35. The maximum absolute atomic E-state index is 12.8. The Bertz CT molecular complexity index is 660. The third kappa shape index (κ3) is 4.29. The smallest absolute Gasteiger partial charge is 0.242 e. The first kappa shape index (κ1) is 18.5. The summed E-state index contributed by atoms with van der Waals surface area (Å²) in [6, 6.07) is 5.78. The fraction of sp³-hybridized carbons (Fsp3) is 0.600. The number of nitrogens with zero attached hydrogens (tertiary/aromatic N) is 1. The van der Waals surface area contributed by atoms with E-state index in [-0.39, 0.29) is 18.4 Å². The van der Waals surface area contributed by atoms with Crippen molar-refractivity contribution in [3.63, 3.8) is 0 Å². The number of benzene rings is 1. The van der Waals surface area contributed by atoms with E-state index in [1.54, 1.807) is 25.3 Å². The molecule has 2 atom stereocenters. The van der Waals surface area contributed by atoms with Crippen LogP contribution in [-0.4, -0.2) is 43.0 Å². The van der Waals surface area contributed by atoms with Crippen molar-refractivity contribution in [2.75, 3.05) is 30.8 Å². The Kier molecular flexibility index (Phi) is 6.01. The van der Waals surface area contributed by atoms with Crippen molar-refractivity contribution in [2.45, 2.75) is 51.5 Å². The predicted molar refractivity (Wildman–Crippen MR) is 102 cm³/mol. The first-order chi connectivity index (χ1) is 12.6. The standard InChI is InChI=1S/C20H29N3O3/c1-14(24)22-16-9-10-19(26-2)17(12-16)21-13-20(25)23-11-5-7-15-6-3-4-8-18(15)23/h9-10,12,15,18,21H,3-8,11,13H2,1-2H3,(H,22,24).